The van der Waals surface area contributed by atoms with E-state index in [1.54, 1.807) is 18.2 Å². The molecule has 5 rings (SSSR count). The van der Waals surface area contributed by atoms with Crippen molar-refractivity contribution in [2.75, 3.05) is 19.0 Å². The van der Waals surface area contributed by atoms with Gasteiger partial charge in [-0.3, -0.25) is 24.7 Å². The number of methoxy groups -OCH3 is 1. The Bertz CT molecular complexity index is 1280. The highest BCUT2D eigenvalue weighted by Gasteiger charge is 2.37. The van der Waals surface area contributed by atoms with Gasteiger partial charge in [-0.2, -0.15) is 0 Å². The largest absolute Gasteiger partial charge is 0.496 e. The molecule has 34 heavy (non-hydrogen) atoms. The van der Waals surface area contributed by atoms with Crippen LogP contribution in [0.1, 0.15) is 33.0 Å². The van der Waals surface area contributed by atoms with Gasteiger partial charge in [-0.05, 0) is 25.5 Å². The molecule has 2 aromatic heterocycles. The molecule has 174 valence electrons. The molecule has 0 bridgehead atoms. The molecule has 3 amide bonds. The highest BCUT2D eigenvalue weighted by molar-refractivity contribution is 7.16. The first kappa shape index (κ1) is 22.0. The van der Waals surface area contributed by atoms with Crippen LogP contribution in [0.15, 0.2) is 36.5 Å². The normalized spacial score (nSPS) is 16.8. The minimum Gasteiger partial charge on any atom is -0.496 e. The summed E-state index contributed by atoms with van der Waals surface area (Å²) >= 11 is 1.34. The number of anilines is 1. The van der Waals surface area contributed by atoms with E-state index < -0.39 is 5.92 Å². The molecule has 1 atom stereocenters. The van der Waals surface area contributed by atoms with Crippen LogP contribution in [0.4, 0.5) is 5.13 Å². The fraction of sp³-hybridized carbons (Fsp3) is 0.292. The number of aromatic nitrogens is 2. The summed E-state index contributed by atoms with van der Waals surface area (Å²) in [7, 11) is 1.59. The van der Waals surface area contributed by atoms with E-state index in [4.69, 9.17) is 4.74 Å². The topological polar surface area (TPSA) is 114 Å². The first-order chi connectivity index (χ1) is 16.4. The molecule has 0 saturated carbocycles. The van der Waals surface area contributed by atoms with Gasteiger partial charge in [0.25, 0.3) is 5.91 Å². The number of para-hydroxylation sites is 1. The maximum absolute atomic E-state index is 13.2. The van der Waals surface area contributed by atoms with Crippen molar-refractivity contribution in [1.82, 2.24) is 20.2 Å². The SMILES string of the molecule is COc1ccccc1-c1cc(C)ncc1C(=O)Nc1nc2c(s1)CN(C(=O)C1CCNC1=O)C2. The second-order valence-electron chi connectivity index (χ2n) is 8.24. The van der Waals surface area contributed by atoms with Gasteiger partial charge in [0.15, 0.2) is 5.13 Å². The Balaban J connectivity index is 1.34. The van der Waals surface area contributed by atoms with Crippen molar-refractivity contribution in [1.29, 1.82) is 0 Å². The number of aryl methyl sites for hydroxylation is 1. The molecule has 2 N–H and O–H groups in total. The average molecular weight is 478 g/mol. The number of hydrogen-bond donors (Lipinski definition) is 2. The highest BCUT2D eigenvalue weighted by atomic mass is 32.1. The van der Waals surface area contributed by atoms with E-state index in [0.29, 0.717) is 42.5 Å². The summed E-state index contributed by atoms with van der Waals surface area (Å²) in [4.78, 5) is 49.1. The molecule has 1 saturated heterocycles. The summed E-state index contributed by atoms with van der Waals surface area (Å²) < 4.78 is 5.49. The predicted molar refractivity (Wildman–Crippen MR) is 126 cm³/mol. The van der Waals surface area contributed by atoms with Crippen LogP contribution in [0.5, 0.6) is 5.75 Å². The number of fused-ring (bicyclic) bond motifs is 1. The number of ether oxygens (including phenoxy) is 1. The van der Waals surface area contributed by atoms with Gasteiger partial charge in [0.05, 0.1) is 36.3 Å². The number of hydrogen-bond acceptors (Lipinski definition) is 7. The molecular weight excluding hydrogens is 454 g/mol. The zero-order valence-corrected chi connectivity index (χ0v) is 19.6. The molecule has 2 aliphatic heterocycles. The number of thiazole rings is 1. The molecule has 1 unspecified atom stereocenters. The quantitative estimate of drug-likeness (QED) is 0.547. The first-order valence-electron chi connectivity index (χ1n) is 10.9. The maximum atomic E-state index is 13.2. The van der Waals surface area contributed by atoms with Gasteiger partial charge in [0.2, 0.25) is 11.8 Å². The lowest BCUT2D eigenvalue weighted by atomic mass is 9.99. The number of nitrogens with zero attached hydrogens (tertiary/aromatic N) is 3. The maximum Gasteiger partial charge on any atom is 0.259 e. The van der Waals surface area contributed by atoms with Crippen LogP contribution < -0.4 is 15.4 Å². The Labute approximate surface area is 200 Å². The van der Waals surface area contributed by atoms with E-state index >= 15 is 0 Å². The zero-order chi connectivity index (χ0) is 23.8. The van der Waals surface area contributed by atoms with Gasteiger partial charge in [-0.25, -0.2) is 4.98 Å². The molecule has 1 fully saturated rings. The van der Waals surface area contributed by atoms with Crippen LogP contribution in [0, 0.1) is 12.8 Å². The standard InChI is InChI=1S/C24H23N5O4S/c1-13-9-16(14-5-3-4-6-19(14)33-2)17(10-26-13)22(31)28-24-27-18-11-29(12-20(18)34-24)23(32)15-7-8-25-21(15)30/h3-6,9-10,15H,7-8,11-12H2,1-2H3,(H,25,30)(H,27,28,31). The van der Waals surface area contributed by atoms with Crippen molar-refractivity contribution in [2.45, 2.75) is 26.4 Å². The number of nitrogens with one attached hydrogen (secondary N) is 2. The van der Waals surface area contributed by atoms with Gasteiger partial charge in [0.1, 0.15) is 11.7 Å². The predicted octanol–water partition coefficient (Wildman–Crippen LogP) is 2.75. The van der Waals surface area contributed by atoms with Crippen LogP contribution >= 0.6 is 11.3 Å². The van der Waals surface area contributed by atoms with Crippen LogP contribution in [0.3, 0.4) is 0 Å². The first-order valence-corrected chi connectivity index (χ1v) is 11.7. The molecular formula is C24H23N5O4S. The fourth-order valence-corrected chi connectivity index (χ4v) is 5.28. The molecule has 1 aromatic carbocycles. The lowest BCUT2D eigenvalue weighted by Crippen LogP contribution is -2.36. The Morgan fingerprint density at radius 2 is 2.06 bits per heavy atom. The van der Waals surface area contributed by atoms with Gasteiger partial charge >= 0.3 is 0 Å². The van der Waals surface area contributed by atoms with Crippen LogP contribution in [0.2, 0.25) is 0 Å². The monoisotopic (exact) mass is 477 g/mol. The van der Waals surface area contributed by atoms with Crippen LogP contribution in [-0.4, -0.2) is 46.2 Å². The molecule has 4 heterocycles. The van der Waals surface area contributed by atoms with Gasteiger partial charge < -0.3 is 15.0 Å². The molecule has 3 aromatic rings. The van der Waals surface area contributed by atoms with Crippen molar-refractivity contribution >= 4 is 34.2 Å². The van der Waals surface area contributed by atoms with Crippen LogP contribution in [-0.2, 0) is 22.7 Å². The summed E-state index contributed by atoms with van der Waals surface area (Å²) in [6.07, 6.45) is 2.08. The van der Waals surface area contributed by atoms with E-state index in [0.717, 1.165) is 27.4 Å². The number of benzene rings is 1. The van der Waals surface area contributed by atoms with E-state index in [9.17, 15) is 14.4 Å². The summed E-state index contributed by atoms with van der Waals surface area (Å²) in [5.41, 5.74) is 3.46. The second-order valence-corrected chi connectivity index (χ2v) is 9.32. The highest BCUT2D eigenvalue weighted by Crippen LogP contribution is 2.35. The van der Waals surface area contributed by atoms with E-state index in [1.807, 2.05) is 37.3 Å². The smallest absolute Gasteiger partial charge is 0.259 e. The minimum absolute atomic E-state index is 0.169. The third-order valence-corrected chi connectivity index (χ3v) is 7.01. The Hall–Kier alpha value is -3.79. The van der Waals surface area contributed by atoms with Crippen molar-refractivity contribution in [2.24, 2.45) is 5.92 Å². The summed E-state index contributed by atoms with van der Waals surface area (Å²) in [6, 6.07) is 9.37. The summed E-state index contributed by atoms with van der Waals surface area (Å²) in [5, 5.41) is 6.05. The van der Waals surface area contributed by atoms with Gasteiger partial charge in [-0.1, -0.05) is 29.5 Å². The summed E-state index contributed by atoms with van der Waals surface area (Å²) in [6.45, 7) is 3.13. The van der Waals surface area contributed by atoms with E-state index in [-0.39, 0.29) is 17.7 Å². The van der Waals surface area contributed by atoms with Crippen molar-refractivity contribution in [3.8, 4) is 16.9 Å². The van der Waals surface area contributed by atoms with Crippen LogP contribution in [0.25, 0.3) is 11.1 Å². The zero-order valence-electron chi connectivity index (χ0n) is 18.8. The Morgan fingerprint density at radius 1 is 1.24 bits per heavy atom. The van der Waals surface area contributed by atoms with Gasteiger partial charge in [0, 0.05) is 29.6 Å². The second kappa shape index (κ2) is 8.86. The summed E-state index contributed by atoms with van der Waals surface area (Å²) in [5.74, 6) is -0.653. The van der Waals surface area contributed by atoms with E-state index in [1.165, 1.54) is 11.3 Å². The number of pyridine rings is 1. The molecule has 9 nitrogen and oxygen atoms in total. The Morgan fingerprint density at radius 3 is 2.79 bits per heavy atom. The lowest BCUT2D eigenvalue weighted by molar-refractivity contribution is -0.140. The number of carbonyl (C=O) groups is 3. The molecule has 0 aliphatic carbocycles. The Kier molecular flexibility index (Phi) is 5.74. The molecule has 0 spiro atoms. The minimum atomic E-state index is -0.615. The number of carbonyl (C=O) groups excluding carboxylic acids is 3. The average Bonchev–Trinajstić information content (AvgIpc) is 3.53. The lowest BCUT2D eigenvalue weighted by Gasteiger charge is -2.18. The van der Waals surface area contributed by atoms with Crippen molar-refractivity contribution in [3.05, 3.63) is 58.4 Å². The molecule has 0 radical (unpaired) electrons. The molecule has 2 aliphatic rings. The third-order valence-electron chi connectivity index (χ3n) is 6.01. The third kappa shape index (κ3) is 4.01. The number of rotatable bonds is 5. The van der Waals surface area contributed by atoms with Crippen molar-refractivity contribution < 1.29 is 19.1 Å². The molecule has 10 heteroatoms. The van der Waals surface area contributed by atoms with Crippen molar-refractivity contribution in [3.63, 3.8) is 0 Å². The number of amides is 3. The van der Waals surface area contributed by atoms with E-state index in [2.05, 4.69) is 20.6 Å². The van der Waals surface area contributed by atoms with Gasteiger partial charge in [-0.15, -0.1) is 0 Å². The fourth-order valence-electron chi connectivity index (χ4n) is 4.29.